The molecule has 1 aromatic carbocycles. The molecule has 1 aromatic heterocycles. The van der Waals surface area contributed by atoms with Crippen LogP contribution in [0.25, 0.3) is 16.5 Å². The number of aromatic nitrogens is 1. The Balaban J connectivity index is 1.71. The van der Waals surface area contributed by atoms with E-state index in [1.165, 1.54) is 33.3 Å². The zero-order valence-corrected chi connectivity index (χ0v) is 19.1. The number of aromatic amines is 1. The molecule has 1 aliphatic heterocycles. The predicted octanol–water partition coefficient (Wildman–Crippen LogP) is 6.53. The van der Waals surface area contributed by atoms with Crippen molar-refractivity contribution in [1.82, 2.24) is 9.88 Å². The zero-order valence-electron chi connectivity index (χ0n) is 19.1. The van der Waals surface area contributed by atoms with E-state index in [4.69, 9.17) is 10.7 Å². The highest BCUT2D eigenvalue weighted by atomic mass is 15.1. The average molecular weight is 415 g/mol. The number of nitriles is 1. The molecule has 0 amide bonds. The Morgan fingerprint density at radius 1 is 1.26 bits per heavy atom. The van der Waals surface area contributed by atoms with Crippen LogP contribution in [0.15, 0.2) is 35.9 Å². The molecule has 162 valence electrons. The third kappa shape index (κ3) is 4.52. The van der Waals surface area contributed by atoms with Gasteiger partial charge < -0.3 is 10.4 Å². The predicted molar refractivity (Wildman–Crippen MR) is 130 cm³/mol. The van der Waals surface area contributed by atoms with Crippen LogP contribution in [0.2, 0.25) is 0 Å². The van der Waals surface area contributed by atoms with Gasteiger partial charge >= 0.3 is 0 Å². The van der Waals surface area contributed by atoms with Crippen molar-refractivity contribution in [2.45, 2.75) is 64.7 Å². The molecule has 2 heterocycles. The van der Waals surface area contributed by atoms with Crippen LogP contribution in [0.3, 0.4) is 0 Å². The van der Waals surface area contributed by atoms with Gasteiger partial charge in [-0.1, -0.05) is 26.0 Å². The molecule has 4 nitrogen and oxygen atoms in total. The SMILES string of the molecule is C/C1=C/C(c2[nH]c3ccc(C4CCN(CC#N)CC4)cc3c2C(C)C)=C\CCCC1=N. The summed E-state index contributed by atoms with van der Waals surface area (Å²) in [6.07, 6.45) is 9.71. The second-order valence-electron chi connectivity index (χ2n) is 9.44. The summed E-state index contributed by atoms with van der Waals surface area (Å²) in [5.41, 5.74) is 8.31. The quantitative estimate of drug-likeness (QED) is 0.559. The van der Waals surface area contributed by atoms with Crippen LogP contribution in [0, 0.1) is 16.7 Å². The van der Waals surface area contributed by atoms with Gasteiger partial charge in [0.2, 0.25) is 0 Å². The number of hydrogen-bond acceptors (Lipinski definition) is 3. The van der Waals surface area contributed by atoms with Crippen molar-refractivity contribution in [3.05, 3.63) is 52.7 Å². The van der Waals surface area contributed by atoms with Gasteiger partial charge in [0.1, 0.15) is 0 Å². The molecule has 0 unspecified atom stereocenters. The molecule has 4 rings (SSSR count). The van der Waals surface area contributed by atoms with Gasteiger partial charge in [-0.2, -0.15) is 5.26 Å². The Bertz CT molecular complexity index is 1070. The summed E-state index contributed by atoms with van der Waals surface area (Å²) in [6.45, 7) is 9.19. The number of rotatable bonds is 4. The van der Waals surface area contributed by atoms with Gasteiger partial charge in [-0.05, 0) is 104 Å². The van der Waals surface area contributed by atoms with E-state index >= 15 is 0 Å². The molecule has 1 fully saturated rings. The lowest BCUT2D eigenvalue weighted by Crippen LogP contribution is -2.33. The van der Waals surface area contributed by atoms with Gasteiger partial charge in [-0.15, -0.1) is 0 Å². The van der Waals surface area contributed by atoms with E-state index in [1.807, 2.05) is 0 Å². The summed E-state index contributed by atoms with van der Waals surface area (Å²) in [4.78, 5) is 5.99. The molecule has 1 saturated heterocycles. The molecular weight excluding hydrogens is 380 g/mol. The van der Waals surface area contributed by atoms with Crippen molar-refractivity contribution in [3.63, 3.8) is 0 Å². The number of nitrogens with zero attached hydrogens (tertiary/aromatic N) is 2. The third-order valence-electron chi connectivity index (χ3n) is 6.93. The van der Waals surface area contributed by atoms with Crippen molar-refractivity contribution in [2.24, 2.45) is 0 Å². The Kier molecular flexibility index (Phi) is 6.43. The molecular formula is C27H34N4. The minimum Gasteiger partial charge on any atom is -0.354 e. The number of likely N-dealkylation sites (tertiary alicyclic amines) is 1. The smallest absolute Gasteiger partial charge is 0.0865 e. The van der Waals surface area contributed by atoms with Crippen molar-refractivity contribution in [3.8, 4) is 6.07 Å². The van der Waals surface area contributed by atoms with Crippen molar-refractivity contribution < 1.29 is 0 Å². The van der Waals surface area contributed by atoms with Gasteiger partial charge in [0.15, 0.2) is 0 Å². The largest absolute Gasteiger partial charge is 0.354 e. The average Bonchev–Trinajstić information content (AvgIpc) is 3.14. The van der Waals surface area contributed by atoms with Gasteiger partial charge in [-0.3, -0.25) is 4.90 Å². The normalized spacial score (nSPS) is 22.5. The molecule has 2 aromatic rings. The first kappa shape index (κ1) is 21.6. The van der Waals surface area contributed by atoms with E-state index < -0.39 is 0 Å². The summed E-state index contributed by atoms with van der Waals surface area (Å²) in [7, 11) is 0. The maximum atomic E-state index is 8.96. The van der Waals surface area contributed by atoms with E-state index in [0.29, 0.717) is 18.4 Å². The lowest BCUT2D eigenvalue weighted by Gasteiger charge is -2.30. The summed E-state index contributed by atoms with van der Waals surface area (Å²) in [5, 5.41) is 18.6. The monoisotopic (exact) mass is 414 g/mol. The number of allylic oxidation sites excluding steroid dienone is 4. The molecule has 2 N–H and O–H groups in total. The van der Waals surface area contributed by atoms with Crippen LogP contribution in [0.4, 0.5) is 0 Å². The third-order valence-corrected chi connectivity index (χ3v) is 6.93. The first-order valence-corrected chi connectivity index (χ1v) is 11.7. The minimum atomic E-state index is 0.413. The van der Waals surface area contributed by atoms with Crippen molar-refractivity contribution in [1.29, 1.82) is 10.7 Å². The molecule has 2 aliphatic rings. The Hall–Kier alpha value is -2.64. The van der Waals surface area contributed by atoms with Crippen LogP contribution in [0.1, 0.15) is 81.5 Å². The number of fused-ring (bicyclic) bond motifs is 1. The van der Waals surface area contributed by atoms with Gasteiger partial charge in [0.25, 0.3) is 0 Å². The van der Waals surface area contributed by atoms with Crippen molar-refractivity contribution >= 4 is 22.2 Å². The van der Waals surface area contributed by atoms with E-state index in [1.54, 1.807) is 0 Å². The molecule has 0 bridgehead atoms. The molecule has 0 spiro atoms. The zero-order chi connectivity index (χ0) is 22.0. The maximum absolute atomic E-state index is 8.96. The highest BCUT2D eigenvalue weighted by Gasteiger charge is 2.23. The topological polar surface area (TPSA) is 66.7 Å². The Morgan fingerprint density at radius 2 is 2.03 bits per heavy atom. The number of hydrogen-bond donors (Lipinski definition) is 2. The van der Waals surface area contributed by atoms with E-state index in [9.17, 15) is 0 Å². The van der Waals surface area contributed by atoms with Crippen LogP contribution in [0.5, 0.6) is 0 Å². The fraction of sp³-hybridized carbons (Fsp3) is 0.481. The molecule has 4 heteroatoms. The second-order valence-corrected chi connectivity index (χ2v) is 9.44. The lowest BCUT2D eigenvalue weighted by atomic mass is 9.87. The van der Waals surface area contributed by atoms with Crippen LogP contribution in [-0.2, 0) is 0 Å². The minimum absolute atomic E-state index is 0.413. The fourth-order valence-corrected chi connectivity index (χ4v) is 5.12. The molecule has 0 radical (unpaired) electrons. The Morgan fingerprint density at radius 3 is 2.74 bits per heavy atom. The fourth-order valence-electron chi connectivity index (χ4n) is 5.12. The summed E-state index contributed by atoms with van der Waals surface area (Å²) < 4.78 is 0. The van der Waals surface area contributed by atoms with Gasteiger partial charge in [0, 0.05) is 22.3 Å². The maximum Gasteiger partial charge on any atom is 0.0865 e. The second kappa shape index (κ2) is 9.24. The van der Waals surface area contributed by atoms with Crippen LogP contribution >= 0.6 is 0 Å². The van der Waals surface area contributed by atoms with Crippen LogP contribution in [-0.4, -0.2) is 35.2 Å². The number of nitrogens with one attached hydrogen (secondary N) is 2. The summed E-state index contributed by atoms with van der Waals surface area (Å²) >= 11 is 0. The number of benzene rings is 1. The van der Waals surface area contributed by atoms with E-state index in [-0.39, 0.29) is 0 Å². The van der Waals surface area contributed by atoms with Gasteiger partial charge in [-0.25, -0.2) is 0 Å². The van der Waals surface area contributed by atoms with E-state index in [2.05, 4.69) is 67.1 Å². The molecule has 31 heavy (non-hydrogen) atoms. The molecule has 1 aliphatic carbocycles. The first-order chi connectivity index (χ1) is 15.0. The van der Waals surface area contributed by atoms with Gasteiger partial charge in [0.05, 0.1) is 12.6 Å². The summed E-state index contributed by atoms with van der Waals surface area (Å²) in [6, 6.07) is 9.24. The highest BCUT2D eigenvalue weighted by Crippen LogP contribution is 2.37. The standard InChI is InChI=1S/C27H34N4/c1-18(2)26-23-17-21(20-10-13-31(14-11-20)15-12-28)8-9-25(23)30-27(26)22-6-4-5-7-24(29)19(3)16-22/h6,8-9,16-18,20,29-30H,4-5,7,10-11,13-15H2,1-3H3/b19-16-,22-6+,29-24?. The number of piperidine rings is 1. The Labute approximate surface area is 186 Å². The summed E-state index contributed by atoms with van der Waals surface area (Å²) in [5.74, 6) is 0.983. The first-order valence-electron chi connectivity index (χ1n) is 11.7. The highest BCUT2D eigenvalue weighted by molar-refractivity contribution is 6.01. The molecule has 0 atom stereocenters. The lowest BCUT2D eigenvalue weighted by molar-refractivity contribution is 0.235. The van der Waals surface area contributed by atoms with Crippen molar-refractivity contribution in [2.75, 3.05) is 19.6 Å². The molecule has 0 saturated carbocycles. The van der Waals surface area contributed by atoms with Crippen LogP contribution < -0.4 is 0 Å². The number of H-pyrrole nitrogens is 1. The van der Waals surface area contributed by atoms with E-state index in [0.717, 1.165) is 56.5 Å².